The summed E-state index contributed by atoms with van der Waals surface area (Å²) >= 11 is 7.67. The molecule has 2 heterocycles. The third-order valence-corrected chi connectivity index (χ3v) is 6.06. The Kier molecular flexibility index (Phi) is 6.29. The Hall–Kier alpha value is -2.84. The van der Waals surface area contributed by atoms with Crippen LogP contribution in [0.4, 0.5) is 10.3 Å². The van der Waals surface area contributed by atoms with Crippen LogP contribution in [0.3, 0.4) is 0 Å². The second-order valence-corrected chi connectivity index (χ2v) is 8.23. The zero-order valence-corrected chi connectivity index (χ0v) is 18.5. The van der Waals surface area contributed by atoms with Gasteiger partial charge in [0, 0.05) is 16.5 Å². The zero-order valence-electron chi connectivity index (χ0n) is 16.9. The standard InChI is InChI=1S/C22H20ClFN4O2S/c1-3-30-20(29)18-13(2)25-21-26-22(31-12-15-7-4-5-10-17(15)23)27-28(21)19(18)14-8-6-9-16(24)11-14/h4-11,19H,3,12H2,1-2H3,(H,25,26,27). The van der Waals surface area contributed by atoms with E-state index in [2.05, 4.69) is 15.4 Å². The molecule has 0 bridgehead atoms. The van der Waals surface area contributed by atoms with E-state index in [-0.39, 0.29) is 6.61 Å². The summed E-state index contributed by atoms with van der Waals surface area (Å²) in [6, 6.07) is 13.0. The first-order valence-electron chi connectivity index (χ1n) is 9.71. The molecule has 1 aromatic heterocycles. The molecule has 0 saturated heterocycles. The summed E-state index contributed by atoms with van der Waals surface area (Å²) in [6.45, 7) is 3.74. The van der Waals surface area contributed by atoms with Crippen LogP contribution >= 0.6 is 23.4 Å². The lowest BCUT2D eigenvalue weighted by atomic mass is 9.96. The fourth-order valence-electron chi connectivity index (χ4n) is 3.41. The molecular formula is C22H20ClFN4O2S. The zero-order chi connectivity index (χ0) is 22.0. The monoisotopic (exact) mass is 458 g/mol. The molecule has 4 rings (SSSR count). The quantitative estimate of drug-likeness (QED) is 0.403. The molecule has 0 spiro atoms. The number of esters is 1. The Labute approximate surface area is 188 Å². The van der Waals surface area contributed by atoms with Crippen LogP contribution in [0.15, 0.2) is 65.0 Å². The van der Waals surface area contributed by atoms with Gasteiger partial charge in [-0.05, 0) is 43.2 Å². The molecule has 6 nitrogen and oxygen atoms in total. The molecule has 1 atom stereocenters. The van der Waals surface area contributed by atoms with Crippen LogP contribution in [0.2, 0.25) is 5.02 Å². The van der Waals surface area contributed by atoms with E-state index in [0.29, 0.717) is 38.7 Å². The van der Waals surface area contributed by atoms with Crippen molar-refractivity contribution in [1.82, 2.24) is 14.8 Å². The van der Waals surface area contributed by atoms with E-state index in [9.17, 15) is 9.18 Å². The molecule has 0 saturated carbocycles. The van der Waals surface area contributed by atoms with Crippen molar-refractivity contribution < 1.29 is 13.9 Å². The lowest BCUT2D eigenvalue weighted by molar-refractivity contribution is -0.139. The van der Waals surface area contributed by atoms with Gasteiger partial charge >= 0.3 is 5.97 Å². The fourth-order valence-corrected chi connectivity index (χ4v) is 4.52. The Morgan fingerprint density at radius 1 is 1.29 bits per heavy atom. The molecule has 31 heavy (non-hydrogen) atoms. The maximum Gasteiger partial charge on any atom is 0.338 e. The van der Waals surface area contributed by atoms with Crippen molar-refractivity contribution in [3.05, 3.63) is 81.8 Å². The second-order valence-electron chi connectivity index (χ2n) is 6.88. The number of thioether (sulfide) groups is 1. The van der Waals surface area contributed by atoms with Crippen molar-refractivity contribution in [2.45, 2.75) is 30.8 Å². The number of nitrogens with zero attached hydrogens (tertiary/aromatic N) is 3. The summed E-state index contributed by atoms with van der Waals surface area (Å²) in [5, 5.41) is 8.93. The summed E-state index contributed by atoms with van der Waals surface area (Å²) in [6.07, 6.45) is 0. The fraction of sp³-hybridized carbons (Fsp3) is 0.227. The number of anilines is 1. The number of hydrogen-bond acceptors (Lipinski definition) is 6. The van der Waals surface area contributed by atoms with Gasteiger partial charge in [-0.25, -0.2) is 13.9 Å². The van der Waals surface area contributed by atoms with Crippen LogP contribution in [0, 0.1) is 5.82 Å². The van der Waals surface area contributed by atoms with Crippen molar-refractivity contribution in [3.8, 4) is 0 Å². The SMILES string of the molecule is CCOC(=O)C1=C(C)Nc2nc(SCc3ccccc3Cl)nn2C1c1cccc(F)c1. The molecule has 9 heteroatoms. The molecule has 160 valence electrons. The minimum Gasteiger partial charge on any atom is -0.463 e. The van der Waals surface area contributed by atoms with Gasteiger partial charge < -0.3 is 10.1 Å². The van der Waals surface area contributed by atoms with Gasteiger partial charge in [0.2, 0.25) is 11.1 Å². The molecule has 1 aliphatic rings. The number of ether oxygens (including phenoxy) is 1. The highest BCUT2D eigenvalue weighted by Gasteiger charge is 2.35. The van der Waals surface area contributed by atoms with Gasteiger partial charge in [0.1, 0.15) is 11.9 Å². The largest absolute Gasteiger partial charge is 0.463 e. The third-order valence-electron chi connectivity index (χ3n) is 4.81. The minimum atomic E-state index is -0.659. The van der Waals surface area contributed by atoms with E-state index in [1.807, 2.05) is 24.3 Å². The maximum atomic E-state index is 14.0. The van der Waals surface area contributed by atoms with Crippen molar-refractivity contribution in [2.75, 3.05) is 11.9 Å². The highest BCUT2D eigenvalue weighted by molar-refractivity contribution is 7.98. The number of rotatable bonds is 6. The number of carbonyl (C=O) groups is 1. The van der Waals surface area contributed by atoms with Gasteiger partial charge in [-0.3, -0.25) is 0 Å². The molecule has 1 N–H and O–H groups in total. The van der Waals surface area contributed by atoms with Crippen LogP contribution in [0.1, 0.15) is 31.0 Å². The number of halogens is 2. The van der Waals surface area contributed by atoms with Gasteiger partial charge in [-0.2, -0.15) is 4.98 Å². The molecule has 2 aromatic carbocycles. The first-order valence-corrected chi connectivity index (χ1v) is 11.1. The van der Waals surface area contributed by atoms with E-state index in [1.54, 1.807) is 30.7 Å². The van der Waals surface area contributed by atoms with E-state index >= 15 is 0 Å². The summed E-state index contributed by atoms with van der Waals surface area (Å²) in [7, 11) is 0. The molecule has 0 radical (unpaired) electrons. The summed E-state index contributed by atoms with van der Waals surface area (Å²) in [5.74, 6) is 0.187. The Morgan fingerprint density at radius 3 is 2.84 bits per heavy atom. The maximum absolute atomic E-state index is 14.0. The Bertz CT molecular complexity index is 1160. The van der Waals surface area contributed by atoms with Gasteiger partial charge in [-0.15, -0.1) is 5.10 Å². The average Bonchev–Trinajstić information content (AvgIpc) is 3.14. The first-order chi connectivity index (χ1) is 15.0. The molecule has 0 fully saturated rings. The van der Waals surface area contributed by atoms with E-state index < -0.39 is 17.8 Å². The highest BCUT2D eigenvalue weighted by atomic mass is 35.5. The number of aromatic nitrogens is 3. The Balaban J connectivity index is 1.71. The normalized spacial score (nSPS) is 15.4. The highest BCUT2D eigenvalue weighted by Crippen LogP contribution is 2.37. The molecule has 1 unspecified atom stereocenters. The topological polar surface area (TPSA) is 69.0 Å². The molecule has 0 aliphatic carbocycles. The number of fused-ring (bicyclic) bond motifs is 1. The molecule has 0 amide bonds. The predicted octanol–water partition coefficient (Wildman–Crippen LogP) is 5.21. The van der Waals surface area contributed by atoms with Crippen LogP contribution < -0.4 is 5.32 Å². The number of hydrogen-bond donors (Lipinski definition) is 1. The van der Waals surface area contributed by atoms with Crippen molar-refractivity contribution >= 4 is 35.3 Å². The summed E-state index contributed by atoms with van der Waals surface area (Å²) < 4.78 is 20.9. The number of nitrogens with one attached hydrogen (secondary N) is 1. The predicted molar refractivity (Wildman–Crippen MR) is 119 cm³/mol. The number of benzene rings is 2. The van der Waals surface area contributed by atoms with Gasteiger partial charge in [0.15, 0.2) is 0 Å². The van der Waals surface area contributed by atoms with E-state index in [0.717, 1.165) is 5.56 Å². The lowest BCUT2D eigenvalue weighted by Gasteiger charge is -2.28. The van der Waals surface area contributed by atoms with E-state index in [1.165, 1.54) is 23.9 Å². The summed E-state index contributed by atoms with van der Waals surface area (Å²) in [5.41, 5.74) is 2.51. The summed E-state index contributed by atoms with van der Waals surface area (Å²) in [4.78, 5) is 17.3. The number of carbonyl (C=O) groups excluding carboxylic acids is 1. The molecular weight excluding hydrogens is 439 g/mol. The lowest BCUT2D eigenvalue weighted by Crippen LogP contribution is -2.29. The van der Waals surface area contributed by atoms with Gasteiger partial charge in [-0.1, -0.05) is 53.7 Å². The van der Waals surface area contributed by atoms with Crippen LogP contribution in [0.25, 0.3) is 0 Å². The van der Waals surface area contributed by atoms with E-state index in [4.69, 9.17) is 16.3 Å². The van der Waals surface area contributed by atoms with Gasteiger partial charge in [0.05, 0.1) is 12.2 Å². The smallest absolute Gasteiger partial charge is 0.338 e. The minimum absolute atomic E-state index is 0.231. The number of allylic oxidation sites excluding steroid dienone is 1. The van der Waals surface area contributed by atoms with Crippen LogP contribution in [-0.2, 0) is 15.3 Å². The van der Waals surface area contributed by atoms with Crippen LogP contribution in [0.5, 0.6) is 0 Å². The molecule has 1 aliphatic heterocycles. The van der Waals surface area contributed by atoms with Crippen LogP contribution in [-0.4, -0.2) is 27.3 Å². The van der Waals surface area contributed by atoms with Crippen molar-refractivity contribution in [1.29, 1.82) is 0 Å². The second kappa shape index (κ2) is 9.11. The Morgan fingerprint density at radius 2 is 2.10 bits per heavy atom. The van der Waals surface area contributed by atoms with Crippen molar-refractivity contribution in [2.24, 2.45) is 0 Å². The van der Waals surface area contributed by atoms with Gasteiger partial charge in [0.25, 0.3) is 0 Å². The molecule has 3 aromatic rings. The first kappa shape index (κ1) is 21.4. The third kappa shape index (κ3) is 4.45. The average molecular weight is 459 g/mol. The van der Waals surface area contributed by atoms with Crippen molar-refractivity contribution in [3.63, 3.8) is 0 Å².